The Hall–Kier alpha value is -8.62. The molecule has 6 N–H and O–H groups in total. The van der Waals surface area contributed by atoms with Crippen LogP contribution >= 0.6 is 0 Å². The van der Waals surface area contributed by atoms with Crippen LogP contribution < -0.4 is 31.9 Å². The molecule has 0 unspecified atom stereocenters. The summed E-state index contributed by atoms with van der Waals surface area (Å²) in [6.45, 7) is 14.9. The Morgan fingerprint density at radius 1 is 0.449 bits per heavy atom. The fourth-order valence-electron chi connectivity index (χ4n) is 7.19. The van der Waals surface area contributed by atoms with E-state index in [9.17, 15) is 47.9 Å². The zero-order chi connectivity index (χ0) is 57.5. The van der Waals surface area contributed by atoms with Gasteiger partial charge in [-0.3, -0.25) is 38.4 Å². The van der Waals surface area contributed by atoms with Crippen molar-refractivity contribution in [2.45, 2.75) is 149 Å². The van der Waals surface area contributed by atoms with Crippen LogP contribution in [0.15, 0.2) is 103 Å². The monoisotopic (exact) mass is 1080 g/mol. The molecule has 6 amide bonds. The minimum absolute atomic E-state index is 0.0162. The molecular weight excluding hydrogens is 1010 g/mol. The number of rotatable bonds is 26. The van der Waals surface area contributed by atoms with Crippen molar-refractivity contribution in [2.24, 2.45) is 0 Å². The summed E-state index contributed by atoms with van der Waals surface area (Å²) >= 11 is 0. The lowest BCUT2D eigenvalue weighted by atomic mass is 10.1. The molecule has 0 bridgehead atoms. The number of alkyl carbamates (subject to hydrolysis) is 1. The van der Waals surface area contributed by atoms with E-state index in [4.69, 9.17) is 23.7 Å². The van der Waals surface area contributed by atoms with E-state index in [1.807, 2.05) is 18.2 Å². The molecule has 3 atom stereocenters. The van der Waals surface area contributed by atoms with Gasteiger partial charge in [-0.2, -0.15) is 0 Å². The van der Waals surface area contributed by atoms with Gasteiger partial charge in [-0.15, -0.1) is 0 Å². The van der Waals surface area contributed by atoms with Crippen LogP contribution in [0.25, 0.3) is 0 Å². The second-order valence-electron chi connectivity index (χ2n) is 19.8. The number of amides is 6. The van der Waals surface area contributed by atoms with Crippen LogP contribution in [-0.4, -0.2) is 102 Å². The van der Waals surface area contributed by atoms with Crippen LogP contribution in [0.5, 0.6) is 0 Å². The summed E-state index contributed by atoms with van der Waals surface area (Å²) in [6, 6.07) is 22.5. The fraction of sp³-hybridized carbons (Fsp3) is 0.404. The zero-order valence-electron chi connectivity index (χ0n) is 45.4. The van der Waals surface area contributed by atoms with Gasteiger partial charge in [0.05, 0.1) is 23.9 Å². The summed E-state index contributed by atoms with van der Waals surface area (Å²) in [7, 11) is 0. The molecule has 418 valence electrons. The smallest absolute Gasteiger partial charge is 0.408 e. The molecule has 0 spiro atoms. The maximum atomic E-state index is 14.0. The first-order valence-electron chi connectivity index (χ1n) is 25.5. The molecule has 4 rings (SSSR count). The fourth-order valence-corrected chi connectivity index (χ4v) is 7.19. The highest BCUT2D eigenvalue weighted by molar-refractivity contribution is 6.05. The summed E-state index contributed by atoms with van der Waals surface area (Å²) in [5.41, 5.74) is 0.414. The Bertz CT molecular complexity index is 2760. The van der Waals surface area contributed by atoms with Crippen molar-refractivity contribution in [1.29, 1.82) is 0 Å². The van der Waals surface area contributed by atoms with Crippen molar-refractivity contribution in [3.63, 3.8) is 0 Å². The number of nitrogens with one attached hydrogen (secondary N) is 6. The Balaban J connectivity index is 1.51. The van der Waals surface area contributed by atoms with Crippen molar-refractivity contribution in [3.05, 3.63) is 125 Å². The van der Waals surface area contributed by atoms with Crippen molar-refractivity contribution in [1.82, 2.24) is 16.0 Å². The quantitative estimate of drug-likeness (QED) is 0.0261. The molecule has 0 saturated carbocycles. The minimum atomic E-state index is -1.37. The van der Waals surface area contributed by atoms with Gasteiger partial charge in [-0.25, -0.2) is 9.59 Å². The molecule has 21 nitrogen and oxygen atoms in total. The molecular formula is C57H70N6O15. The Kier molecular flexibility index (Phi) is 24.0. The summed E-state index contributed by atoms with van der Waals surface area (Å²) in [5, 5.41) is 15.8. The average molecular weight is 1080 g/mol. The highest BCUT2D eigenvalue weighted by Crippen LogP contribution is 2.19. The molecule has 0 radical (unpaired) electrons. The van der Waals surface area contributed by atoms with E-state index in [-0.39, 0.29) is 78.9 Å². The van der Waals surface area contributed by atoms with Gasteiger partial charge in [0.15, 0.2) is 0 Å². The highest BCUT2D eigenvalue weighted by Gasteiger charge is 2.29. The predicted molar refractivity (Wildman–Crippen MR) is 288 cm³/mol. The third kappa shape index (κ3) is 22.7. The first-order chi connectivity index (χ1) is 36.8. The molecule has 4 aromatic carbocycles. The summed E-state index contributed by atoms with van der Waals surface area (Å²) in [6.07, 6.45) is -3.54. The van der Waals surface area contributed by atoms with E-state index in [1.54, 1.807) is 80.5 Å². The van der Waals surface area contributed by atoms with E-state index in [0.29, 0.717) is 0 Å². The van der Waals surface area contributed by atoms with Gasteiger partial charge in [-0.1, -0.05) is 48.5 Å². The van der Waals surface area contributed by atoms with Crippen molar-refractivity contribution < 1.29 is 71.6 Å². The largest absolute Gasteiger partial charge is 0.463 e. The van der Waals surface area contributed by atoms with Crippen molar-refractivity contribution in [2.75, 3.05) is 16.0 Å². The number of carbonyl (C=O) groups is 10. The minimum Gasteiger partial charge on any atom is -0.463 e. The Labute approximate surface area is 453 Å². The summed E-state index contributed by atoms with van der Waals surface area (Å²) in [5.74, 6) is -6.28. The van der Waals surface area contributed by atoms with E-state index < -0.39 is 102 Å². The van der Waals surface area contributed by atoms with Crippen LogP contribution in [0.4, 0.5) is 21.9 Å². The molecule has 78 heavy (non-hydrogen) atoms. The molecule has 0 fully saturated rings. The molecule has 0 aromatic heterocycles. The lowest BCUT2D eigenvalue weighted by Gasteiger charge is -2.23. The van der Waals surface area contributed by atoms with Gasteiger partial charge >= 0.3 is 30.0 Å². The van der Waals surface area contributed by atoms with Crippen LogP contribution in [0.1, 0.15) is 137 Å². The van der Waals surface area contributed by atoms with Gasteiger partial charge in [0.25, 0.3) is 11.8 Å². The van der Waals surface area contributed by atoms with Gasteiger partial charge in [-0.05, 0) is 142 Å². The molecule has 4 aromatic rings. The van der Waals surface area contributed by atoms with Gasteiger partial charge in [0.2, 0.25) is 17.7 Å². The molecule has 0 heterocycles. The number of anilines is 3. The SMILES string of the molecule is CC(C)OC(=O)CC[C@H](NC(=O)OC(C)(C)C)C(=O)Nc1cccc(C(=O)N[C@@H](CCC(=O)OC(C)C)C(=O)Nc2cccc(C(=O)N[C@@H](CCC(=O)OC(C)C)C(=O)Nc3cccc(C(=O)OCc4ccccc4)c3)c2)c1. The maximum Gasteiger partial charge on any atom is 0.408 e. The Morgan fingerprint density at radius 2 is 0.808 bits per heavy atom. The van der Waals surface area contributed by atoms with Gasteiger partial charge in [0, 0.05) is 47.5 Å². The second-order valence-corrected chi connectivity index (χ2v) is 19.8. The maximum absolute atomic E-state index is 14.0. The lowest BCUT2D eigenvalue weighted by molar-refractivity contribution is -0.148. The van der Waals surface area contributed by atoms with Crippen LogP contribution in [0.3, 0.4) is 0 Å². The topological polar surface area (TPSA) is 289 Å². The van der Waals surface area contributed by atoms with Crippen molar-refractivity contribution >= 4 is 76.6 Å². The number of hydrogen-bond donors (Lipinski definition) is 6. The number of benzene rings is 4. The molecule has 0 aliphatic heterocycles. The standard InChI is InChI=1S/C57H70N6O15/c1-34(2)75-47(64)27-24-44(61-51(68)39-19-14-22-42(31-39)59-54(71)46(26-29-49(66)77-36(5)6)63-56(73)78-57(7,8)9)52(69)58-41-21-13-18-38(30-41)50(67)62-45(25-28-48(65)76-35(3)4)53(70)60-43-23-15-20-40(32-43)55(72)74-33-37-16-11-10-12-17-37/h10-23,30-32,34-36,44-46H,24-29,33H2,1-9H3,(H,58,69)(H,59,71)(H,60,70)(H,61,68)(H,62,67)(H,63,73)/t44-,45-,46-/m0/s1. The molecule has 0 aliphatic rings. The lowest BCUT2D eigenvalue weighted by Crippen LogP contribution is -2.46. The third-order valence-corrected chi connectivity index (χ3v) is 10.6. The Morgan fingerprint density at radius 3 is 1.18 bits per heavy atom. The first-order valence-corrected chi connectivity index (χ1v) is 25.5. The molecule has 0 aliphatic carbocycles. The first kappa shape index (κ1) is 61.9. The van der Waals surface area contributed by atoms with Crippen LogP contribution in [0.2, 0.25) is 0 Å². The number of carbonyl (C=O) groups excluding carboxylic acids is 10. The van der Waals surface area contributed by atoms with Crippen molar-refractivity contribution in [3.8, 4) is 0 Å². The van der Waals surface area contributed by atoms with E-state index in [0.717, 1.165) is 5.56 Å². The average Bonchev–Trinajstić information content (AvgIpc) is 3.36. The van der Waals surface area contributed by atoms with Gasteiger partial charge in [0.1, 0.15) is 30.3 Å². The normalized spacial score (nSPS) is 12.2. The number of esters is 4. The number of ether oxygens (including phenoxy) is 5. The van der Waals surface area contributed by atoms with E-state index in [2.05, 4.69) is 31.9 Å². The highest BCUT2D eigenvalue weighted by atomic mass is 16.6. The predicted octanol–water partition coefficient (Wildman–Crippen LogP) is 7.55. The number of hydrogen-bond acceptors (Lipinski definition) is 15. The van der Waals surface area contributed by atoms with E-state index in [1.165, 1.54) is 66.7 Å². The summed E-state index contributed by atoms with van der Waals surface area (Å²) in [4.78, 5) is 132. The van der Waals surface area contributed by atoms with Crippen LogP contribution in [0, 0.1) is 0 Å². The zero-order valence-corrected chi connectivity index (χ0v) is 45.4. The molecule has 21 heteroatoms. The molecule has 0 saturated heterocycles. The second kappa shape index (κ2) is 30.2. The van der Waals surface area contributed by atoms with Crippen LogP contribution in [-0.2, 0) is 59.1 Å². The third-order valence-electron chi connectivity index (χ3n) is 10.6. The van der Waals surface area contributed by atoms with Gasteiger partial charge < -0.3 is 55.6 Å². The summed E-state index contributed by atoms with van der Waals surface area (Å²) < 4.78 is 26.5. The van der Waals surface area contributed by atoms with E-state index >= 15 is 0 Å².